The van der Waals surface area contributed by atoms with Gasteiger partial charge in [-0.25, -0.2) is 4.39 Å². The first kappa shape index (κ1) is 10.9. The highest BCUT2D eigenvalue weighted by atomic mass is 35.5. The molecule has 1 aromatic rings. The van der Waals surface area contributed by atoms with Gasteiger partial charge in [0.1, 0.15) is 5.82 Å². The summed E-state index contributed by atoms with van der Waals surface area (Å²) in [5.41, 5.74) is 6.66. The largest absolute Gasteiger partial charge is 0.324 e. The van der Waals surface area contributed by atoms with Gasteiger partial charge in [-0.05, 0) is 36.6 Å². The maximum atomic E-state index is 13.2. The third kappa shape index (κ3) is 1.77. The summed E-state index contributed by atoms with van der Waals surface area (Å²) in [6.45, 7) is 4.09. The van der Waals surface area contributed by atoms with E-state index in [2.05, 4.69) is 0 Å². The minimum absolute atomic E-state index is 0.190. The van der Waals surface area contributed by atoms with Gasteiger partial charge in [-0.15, -0.1) is 0 Å². The van der Waals surface area contributed by atoms with Gasteiger partial charge in [-0.2, -0.15) is 0 Å². The summed E-state index contributed by atoms with van der Waals surface area (Å²) in [4.78, 5) is 0. The van der Waals surface area contributed by atoms with E-state index >= 15 is 0 Å². The summed E-state index contributed by atoms with van der Waals surface area (Å²) < 4.78 is 13.2. The first-order valence-corrected chi connectivity index (χ1v) is 5.48. The van der Waals surface area contributed by atoms with Crippen molar-refractivity contribution < 1.29 is 4.39 Å². The van der Waals surface area contributed by atoms with Gasteiger partial charge in [0.25, 0.3) is 0 Å². The van der Waals surface area contributed by atoms with Crippen LogP contribution in [0.3, 0.4) is 0 Å². The molecule has 1 aromatic carbocycles. The Bertz CT molecular complexity index is 376. The van der Waals surface area contributed by atoms with E-state index in [4.69, 9.17) is 17.3 Å². The molecule has 0 atom stereocenters. The highest BCUT2D eigenvalue weighted by Gasteiger charge is 2.51. The third-order valence-corrected chi connectivity index (χ3v) is 3.84. The number of hydrogen-bond donors (Lipinski definition) is 1. The van der Waals surface area contributed by atoms with E-state index in [1.165, 1.54) is 12.1 Å². The average molecular weight is 228 g/mol. The van der Waals surface area contributed by atoms with Crippen LogP contribution in [0.25, 0.3) is 0 Å². The Labute approximate surface area is 94.4 Å². The Morgan fingerprint density at radius 2 is 1.93 bits per heavy atom. The summed E-state index contributed by atoms with van der Waals surface area (Å²) in [6.07, 6.45) is 1.99. The van der Waals surface area contributed by atoms with Crippen LogP contribution in [-0.4, -0.2) is 5.54 Å². The molecule has 1 saturated carbocycles. The number of halogens is 2. The van der Waals surface area contributed by atoms with E-state index in [1.54, 1.807) is 6.07 Å². The fraction of sp³-hybridized carbons (Fsp3) is 0.500. The SMILES string of the molecule is CC(C)(c1cc(F)cc(Cl)c1)C1(N)CC1. The molecule has 0 unspecified atom stereocenters. The average Bonchev–Trinajstić information content (AvgIpc) is 2.83. The Morgan fingerprint density at radius 1 is 1.33 bits per heavy atom. The van der Waals surface area contributed by atoms with Gasteiger partial charge in [0.2, 0.25) is 0 Å². The Hall–Kier alpha value is -0.600. The van der Waals surface area contributed by atoms with E-state index in [-0.39, 0.29) is 16.8 Å². The van der Waals surface area contributed by atoms with Crippen molar-refractivity contribution in [3.63, 3.8) is 0 Å². The third-order valence-electron chi connectivity index (χ3n) is 3.62. The van der Waals surface area contributed by atoms with Gasteiger partial charge in [0.15, 0.2) is 0 Å². The molecule has 0 bridgehead atoms. The van der Waals surface area contributed by atoms with Crippen molar-refractivity contribution in [2.24, 2.45) is 5.73 Å². The predicted molar refractivity (Wildman–Crippen MR) is 60.6 cm³/mol. The molecule has 0 aliphatic heterocycles. The fourth-order valence-corrected chi connectivity index (χ4v) is 2.18. The van der Waals surface area contributed by atoms with Gasteiger partial charge >= 0.3 is 0 Å². The van der Waals surface area contributed by atoms with Crippen LogP contribution in [-0.2, 0) is 5.41 Å². The summed E-state index contributed by atoms with van der Waals surface area (Å²) in [5.74, 6) is -0.296. The number of benzene rings is 1. The number of nitrogens with two attached hydrogens (primary N) is 1. The molecule has 0 saturated heterocycles. The molecular formula is C12H15ClFN. The zero-order chi connectivity index (χ0) is 11.3. The van der Waals surface area contributed by atoms with Gasteiger partial charge < -0.3 is 5.73 Å². The van der Waals surface area contributed by atoms with Crippen LogP contribution in [0.4, 0.5) is 4.39 Å². The maximum absolute atomic E-state index is 13.2. The minimum Gasteiger partial charge on any atom is -0.324 e. The van der Waals surface area contributed by atoms with Crippen LogP contribution in [0.2, 0.25) is 5.02 Å². The molecule has 0 amide bonds. The van der Waals surface area contributed by atoms with E-state index < -0.39 is 0 Å². The molecule has 0 heterocycles. The Balaban J connectivity index is 2.44. The summed E-state index contributed by atoms with van der Waals surface area (Å²) >= 11 is 5.85. The molecule has 3 heteroatoms. The molecule has 2 N–H and O–H groups in total. The smallest absolute Gasteiger partial charge is 0.124 e. The monoisotopic (exact) mass is 227 g/mol. The van der Waals surface area contributed by atoms with Crippen molar-refractivity contribution in [1.82, 2.24) is 0 Å². The minimum atomic E-state index is -0.296. The molecule has 1 fully saturated rings. The van der Waals surface area contributed by atoms with Gasteiger partial charge in [-0.1, -0.05) is 25.4 Å². The van der Waals surface area contributed by atoms with Crippen LogP contribution >= 0.6 is 11.6 Å². The van der Waals surface area contributed by atoms with Crippen molar-refractivity contribution in [3.8, 4) is 0 Å². The quantitative estimate of drug-likeness (QED) is 0.825. The molecular weight excluding hydrogens is 213 g/mol. The molecule has 1 aliphatic rings. The first-order chi connectivity index (χ1) is 6.85. The summed E-state index contributed by atoms with van der Waals surface area (Å²) in [7, 11) is 0. The second-order valence-corrected chi connectivity index (χ2v) is 5.38. The lowest BCUT2D eigenvalue weighted by Gasteiger charge is -2.32. The maximum Gasteiger partial charge on any atom is 0.124 e. The lowest BCUT2D eigenvalue weighted by Crippen LogP contribution is -2.43. The highest BCUT2D eigenvalue weighted by molar-refractivity contribution is 6.30. The lowest BCUT2D eigenvalue weighted by atomic mass is 9.76. The number of hydrogen-bond acceptors (Lipinski definition) is 1. The molecule has 15 heavy (non-hydrogen) atoms. The predicted octanol–water partition coefficient (Wildman–Crippen LogP) is 3.25. The van der Waals surface area contributed by atoms with Crippen LogP contribution in [0.5, 0.6) is 0 Å². The highest BCUT2D eigenvalue weighted by Crippen LogP contribution is 2.49. The van der Waals surface area contributed by atoms with Crippen molar-refractivity contribution in [2.75, 3.05) is 0 Å². The molecule has 0 spiro atoms. The topological polar surface area (TPSA) is 26.0 Å². The molecule has 0 aromatic heterocycles. The van der Waals surface area contributed by atoms with Crippen LogP contribution in [0, 0.1) is 5.82 Å². The van der Waals surface area contributed by atoms with Crippen LogP contribution in [0.15, 0.2) is 18.2 Å². The van der Waals surface area contributed by atoms with Gasteiger partial charge in [0.05, 0.1) is 0 Å². The first-order valence-electron chi connectivity index (χ1n) is 5.11. The van der Waals surface area contributed by atoms with Crippen molar-refractivity contribution in [1.29, 1.82) is 0 Å². The zero-order valence-corrected chi connectivity index (χ0v) is 9.74. The Kier molecular flexibility index (Phi) is 2.32. The molecule has 0 radical (unpaired) electrons. The van der Waals surface area contributed by atoms with Gasteiger partial charge in [-0.3, -0.25) is 0 Å². The lowest BCUT2D eigenvalue weighted by molar-refractivity contribution is 0.389. The summed E-state index contributed by atoms with van der Waals surface area (Å²) in [5, 5.41) is 0.433. The zero-order valence-electron chi connectivity index (χ0n) is 8.98. The molecule has 1 aliphatic carbocycles. The molecule has 1 nitrogen and oxygen atoms in total. The van der Waals surface area contributed by atoms with Gasteiger partial charge in [0, 0.05) is 16.0 Å². The molecule has 82 valence electrons. The fourth-order valence-electron chi connectivity index (χ4n) is 1.96. The van der Waals surface area contributed by atoms with Crippen LogP contribution in [0.1, 0.15) is 32.3 Å². The summed E-state index contributed by atoms with van der Waals surface area (Å²) in [6, 6.07) is 4.65. The second-order valence-electron chi connectivity index (χ2n) is 4.94. The standard InChI is InChI=1S/C12H15ClFN/c1-11(2,12(15)3-4-12)8-5-9(13)7-10(14)6-8/h5-7H,3-4,15H2,1-2H3. The van der Waals surface area contributed by atoms with E-state index in [0.29, 0.717) is 5.02 Å². The van der Waals surface area contributed by atoms with Crippen LogP contribution < -0.4 is 5.73 Å². The van der Waals surface area contributed by atoms with Crippen molar-refractivity contribution >= 4 is 11.6 Å². The van der Waals surface area contributed by atoms with E-state index in [0.717, 1.165) is 18.4 Å². The number of rotatable bonds is 2. The van der Waals surface area contributed by atoms with Crippen molar-refractivity contribution in [3.05, 3.63) is 34.6 Å². The Morgan fingerprint density at radius 3 is 2.40 bits per heavy atom. The van der Waals surface area contributed by atoms with E-state index in [9.17, 15) is 4.39 Å². The van der Waals surface area contributed by atoms with Crippen molar-refractivity contribution in [2.45, 2.75) is 37.6 Å². The normalized spacial score (nSPS) is 19.0. The van der Waals surface area contributed by atoms with E-state index in [1.807, 2.05) is 13.8 Å². The molecule has 2 rings (SSSR count). The second kappa shape index (κ2) is 3.19.